The molecule has 0 bridgehead atoms. The second-order valence-electron chi connectivity index (χ2n) is 4.95. The zero-order valence-electron chi connectivity index (χ0n) is 11.1. The van der Waals surface area contributed by atoms with E-state index in [2.05, 4.69) is 86.7 Å². The van der Waals surface area contributed by atoms with E-state index in [1.54, 1.807) is 0 Å². The molecule has 0 saturated carbocycles. The van der Waals surface area contributed by atoms with Crippen molar-refractivity contribution >= 4 is 6.08 Å². The van der Waals surface area contributed by atoms with E-state index in [0.29, 0.717) is 11.8 Å². The summed E-state index contributed by atoms with van der Waals surface area (Å²) in [6.45, 7) is 4.54. The molecule has 1 atom stereocenters. The molecule has 18 heavy (non-hydrogen) atoms. The van der Waals surface area contributed by atoms with Crippen molar-refractivity contribution in [2.45, 2.75) is 19.8 Å². The molecule has 92 valence electrons. The summed E-state index contributed by atoms with van der Waals surface area (Å²) in [6, 6.07) is 21.2. The molecule has 0 unspecified atom stereocenters. The molecule has 2 rings (SSSR count). The van der Waals surface area contributed by atoms with Gasteiger partial charge in [0.1, 0.15) is 0 Å². The third kappa shape index (κ3) is 3.33. The molecule has 0 spiro atoms. The molecule has 0 N–H and O–H groups in total. The maximum Gasteiger partial charge on any atom is 0.00443 e. The molecular formula is C18H20. The number of allylic oxidation sites excluding steroid dienone is 1. The maximum absolute atomic E-state index is 2.31. The Morgan fingerprint density at radius 2 is 1.33 bits per heavy atom. The molecule has 0 aliphatic rings. The Hall–Kier alpha value is -1.82. The molecule has 0 nitrogen and oxygen atoms in total. The van der Waals surface area contributed by atoms with Crippen molar-refractivity contribution in [3.63, 3.8) is 0 Å². The lowest BCUT2D eigenvalue weighted by molar-refractivity contribution is 0.580. The topological polar surface area (TPSA) is 0 Å². The predicted molar refractivity (Wildman–Crippen MR) is 79.5 cm³/mol. The van der Waals surface area contributed by atoms with Crippen LogP contribution in [0.25, 0.3) is 6.08 Å². The van der Waals surface area contributed by atoms with E-state index in [9.17, 15) is 0 Å². The van der Waals surface area contributed by atoms with Gasteiger partial charge in [-0.05, 0) is 17.0 Å². The van der Waals surface area contributed by atoms with Crippen molar-refractivity contribution in [1.82, 2.24) is 0 Å². The highest BCUT2D eigenvalue weighted by Crippen LogP contribution is 2.26. The Morgan fingerprint density at radius 3 is 1.89 bits per heavy atom. The molecule has 0 aliphatic carbocycles. The highest BCUT2D eigenvalue weighted by Gasteiger charge is 2.11. The summed E-state index contributed by atoms with van der Waals surface area (Å²) in [5.41, 5.74) is 2.65. The van der Waals surface area contributed by atoms with E-state index < -0.39 is 0 Å². The van der Waals surface area contributed by atoms with Crippen molar-refractivity contribution < 1.29 is 0 Å². The Morgan fingerprint density at radius 1 is 0.778 bits per heavy atom. The fourth-order valence-corrected chi connectivity index (χ4v) is 2.17. The quantitative estimate of drug-likeness (QED) is 0.689. The minimum atomic E-state index is 0.478. The summed E-state index contributed by atoms with van der Waals surface area (Å²) in [4.78, 5) is 0. The number of hydrogen-bond donors (Lipinski definition) is 0. The van der Waals surface area contributed by atoms with Crippen molar-refractivity contribution in [3.8, 4) is 0 Å². The molecule has 2 aromatic rings. The minimum Gasteiger partial charge on any atom is -0.0762 e. The van der Waals surface area contributed by atoms with Gasteiger partial charge in [0.05, 0.1) is 0 Å². The monoisotopic (exact) mass is 236 g/mol. The first kappa shape index (κ1) is 12.6. The normalized spacial score (nSPS) is 13.1. The molecule has 0 saturated heterocycles. The van der Waals surface area contributed by atoms with Crippen LogP contribution in [0.4, 0.5) is 0 Å². The molecule has 0 aromatic heterocycles. The largest absolute Gasteiger partial charge is 0.0762 e. The summed E-state index contributed by atoms with van der Waals surface area (Å²) in [5, 5.41) is 0. The van der Waals surface area contributed by atoms with Crippen LogP contribution in [-0.2, 0) is 0 Å². The van der Waals surface area contributed by atoms with Crippen LogP contribution in [0.15, 0.2) is 66.7 Å². The Labute approximate surface area is 110 Å². The lowest BCUT2D eigenvalue weighted by Crippen LogP contribution is -2.03. The zero-order chi connectivity index (χ0) is 12.8. The van der Waals surface area contributed by atoms with Gasteiger partial charge in [-0.2, -0.15) is 0 Å². The van der Waals surface area contributed by atoms with Gasteiger partial charge in [0.2, 0.25) is 0 Å². The van der Waals surface area contributed by atoms with Crippen LogP contribution in [0.3, 0.4) is 0 Å². The van der Waals surface area contributed by atoms with E-state index >= 15 is 0 Å². The molecule has 2 aromatic carbocycles. The minimum absolute atomic E-state index is 0.478. The fourth-order valence-electron chi connectivity index (χ4n) is 2.17. The summed E-state index contributed by atoms with van der Waals surface area (Å²) in [6.07, 6.45) is 4.53. The first-order chi connectivity index (χ1) is 8.77. The molecule has 0 heterocycles. The maximum atomic E-state index is 2.31. The highest BCUT2D eigenvalue weighted by atomic mass is 14.2. The van der Waals surface area contributed by atoms with E-state index in [1.807, 2.05) is 0 Å². The van der Waals surface area contributed by atoms with Gasteiger partial charge in [0.25, 0.3) is 0 Å². The Kier molecular flexibility index (Phi) is 4.35. The fraction of sp³-hybridized carbons (Fsp3) is 0.222. The Bertz CT molecular complexity index is 480. The van der Waals surface area contributed by atoms with E-state index in [0.717, 1.165) is 0 Å². The third-order valence-corrected chi connectivity index (χ3v) is 3.20. The molecule has 0 amide bonds. The van der Waals surface area contributed by atoms with Gasteiger partial charge in [-0.15, -0.1) is 0 Å². The van der Waals surface area contributed by atoms with E-state index in [1.165, 1.54) is 11.1 Å². The van der Waals surface area contributed by atoms with Gasteiger partial charge in [-0.3, -0.25) is 0 Å². The van der Waals surface area contributed by atoms with Crippen molar-refractivity contribution in [2.24, 2.45) is 5.92 Å². The summed E-state index contributed by atoms with van der Waals surface area (Å²) in [5.74, 6) is 1.08. The molecule has 0 fully saturated rings. The average molecular weight is 236 g/mol. The van der Waals surface area contributed by atoms with Crippen LogP contribution in [0.2, 0.25) is 0 Å². The van der Waals surface area contributed by atoms with Gasteiger partial charge in [0, 0.05) is 5.92 Å². The molecule has 0 heteroatoms. The summed E-state index contributed by atoms with van der Waals surface area (Å²) >= 11 is 0. The van der Waals surface area contributed by atoms with Crippen LogP contribution in [-0.4, -0.2) is 0 Å². The lowest BCUT2D eigenvalue weighted by Gasteiger charge is -2.17. The van der Waals surface area contributed by atoms with Crippen LogP contribution in [0, 0.1) is 5.92 Å². The second kappa shape index (κ2) is 6.20. The Balaban J connectivity index is 2.20. The van der Waals surface area contributed by atoms with Crippen LogP contribution in [0.1, 0.15) is 30.9 Å². The van der Waals surface area contributed by atoms with Crippen molar-refractivity contribution in [1.29, 1.82) is 0 Å². The first-order valence-electron chi connectivity index (χ1n) is 6.55. The van der Waals surface area contributed by atoms with Crippen LogP contribution >= 0.6 is 0 Å². The van der Waals surface area contributed by atoms with Crippen LogP contribution in [0.5, 0.6) is 0 Å². The summed E-state index contributed by atoms with van der Waals surface area (Å²) in [7, 11) is 0. The number of benzene rings is 2. The SMILES string of the molecule is CC(C)[C@@H](/C=C/c1ccccc1)c1ccccc1. The predicted octanol–water partition coefficient (Wildman–Crippen LogP) is 5.14. The smallest absolute Gasteiger partial charge is 0.00443 e. The van der Waals surface area contributed by atoms with Gasteiger partial charge in [-0.1, -0.05) is 86.7 Å². The summed E-state index contributed by atoms with van der Waals surface area (Å²) < 4.78 is 0. The van der Waals surface area contributed by atoms with E-state index in [4.69, 9.17) is 0 Å². The zero-order valence-corrected chi connectivity index (χ0v) is 11.1. The van der Waals surface area contributed by atoms with Crippen molar-refractivity contribution in [3.05, 3.63) is 77.9 Å². The third-order valence-electron chi connectivity index (χ3n) is 3.20. The second-order valence-corrected chi connectivity index (χ2v) is 4.95. The average Bonchev–Trinajstić information content (AvgIpc) is 2.41. The van der Waals surface area contributed by atoms with Gasteiger partial charge < -0.3 is 0 Å². The van der Waals surface area contributed by atoms with E-state index in [-0.39, 0.29) is 0 Å². The lowest BCUT2D eigenvalue weighted by atomic mass is 9.88. The number of hydrogen-bond acceptors (Lipinski definition) is 0. The van der Waals surface area contributed by atoms with Gasteiger partial charge in [0.15, 0.2) is 0 Å². The molecule has 0 radical (unpaired) electrons. The molecular weight excluding hydrogens is 216 g/mol. The highest BCUT2D eigenvalue weighted by molar-refractivity contribution is 5.50. The molecule has 0 aliphatic heterocycles. The number of rotatable bonds is 4. The van der Waals surface area contributed by atoms with Crippen molar-refractivity contribution in [2.75, 3.05) is 0 Å². The van der Waals surface area contributed by atoms with Crippen LogP contribution < -0.4 is 0 Å². The van der Waals surface area contributed by atoms with Gasteiger partial charge in [-0.25, -0.2) is 0 Å². The van der Waals surface area contributed by atoms with Gasteiger partial charge >= 0.3 is 0 Å². The first-order valence-corrected chi connectivity index (χ1v) is 6.55. The standard InChI is InChI=1S/C18H20/c1-15(2)18(17-11-7-4-8-12-17)14-13-16-9-5-3-6-10-16/h3-15,18H,1-2H3/b14-13+/t18-/m1/s1.